The number of anilines is 1. The lowest BCUT2D eigenvalue weighted by Crippen LogP contribution is -2.27. The minimum Gasteiger partial charge on any atom is -0.382 e. The van der Waals surface area contributed by atoms with E-state index in [2.05, 4.69) is 35.3 Å². The molecule has 1 aliphatic rings. The highest BCUT2D eigenvalue weighted by Gasteiger charge is 2.16. The predicted molar refractivity (Wildman–Crippen MR) is 83.8 cm³/mol. The Bertz CT molecular complexity index is 433. The molecule has 1 aromatic rings. The van der Waals surface area contributed by atoms with Gasteiger partial charge in [0.1, 0.15) is 0 Å². The number of nitrogens with one attached hydrogen (secondary N) is 1. The Morgan fingerprint density at radius 1 is 1.25 bits per heavy atom. The molecule has 0 aromatic heterocycles. The lowest BCUT2D eigenvalue weighted by atomic mass is 10.1. The highest BCUT2D eigenvalue weighted by atomic mass is 15.1. The largest absolute Gasteiger partial charge is 0.382 e. The van der Waals surface area contributed by atoms with E-state index in [4.69, 9.17) is 5.26 Å². The average Bonchev–Trinajstić information content (AvgIpc) is 2.68. The van der Waals surface area contributed by atoms with Crippen LogP contribution in [0.4, 0.5) is 5.69 Å². The van der Waals surface area contributed by atoms with Gasteiger partial charge < -0.3 is 10.2 Å². The SMILES string of the molecule is CCCN1CCCC(Nc2ccc(CC#N)cc2)CC1. The second kappa shape index (κ2) is 7.91. The van der Waals surface area contributed by atoms with Crippen molar-refractivity contribution in [1.29, 1.82) is 5.26 Å². The number of rotatable bonds is 5. The molecule has 1 saturated heterocycles. The van der Waals surface area contributed by atoms with Crippen LogP contribution in [0, 0.1) is 11.3 Å². The van der Waals surface area contributed by atoms with Crippen molar-refractivity contribution in [3.63, 3.8) is 0 Å². The summed E-state index contributed by atoms with van der Waals surface area (Å²) in [7, 11) is 0. The maximum atomic E-state index is 8.68. The van der Waals surface area contributed by atoms with Crippen LogP contribution in [0.3, 0.4) is 0 Å². The minimum absolute atomic E-state index is 0.496. The fourth-order valence-electron chi connectivity index (χ4n) is 2.89. The molecule has 108 valence electrons. The first-order valence-corrected chi connectivity index (χ1v) is 7.76. The topological polar surface area (TPSA) is 39.1 Å². The van der Waals surface area contributed by atoms with E-state index in [0.717, 1.165) is 5.56 Å². The fourth-order valence-corrected chi connectivity index (χ4v) is 2.89. The Kier molecular flexibility index (Phi) is 5.88. The van der Waals surface area contributed by atoms with E-state index in [1.165, 1.54) is 51.0 Å². The maximum Gasteiger partial charge on any atom is 0.0669 e. The van der Waals surface area contributed by atoms with Gasteiger partial charge in [-0.2, -0.15) is 5.26 Å². The van der Waals surface area contributed by atoms with Crippen molar-refractivity contribution in [2.24, 2.45) is 0 Å². The van der Waals surface area contributed by atoms with E-state index in [-0.39, 0.29) is 0 Å². The van der Waals surface area contributed by atoms with Crippen LogP contribution in [-0.4, -0.2) is 30.6 Å². The molecule has 3 nitrogen and oxygen atoms in total. The quantitative estimate of drug-likeness (QED) is 0.891. The van der Waals surface area contributed by atoms with Crippen LogP contribution in [-0.2, 0) is 6.42 Å². The van der Waals surface area contributed by atoms with Crippen LogP contribution in [0.2, 0.25) is 0 Å². The first kappa shape index (κ1) is 14.9. The summed E-state index contributed by atoms with van der Waals surface area (Å²) in [5.41, 5.74) is 2.27. The van der Waals surface area contributed by atoms with Gasteiger partial charge in [-0.15, -0.1) is 0 Å². The van der Waals surface area contributed by atoms with Crippen LogP contribution in [0.25, 0.3) is 0 Å². The van der Waals surface area contributed by atoms with Gasteiger partial charge in [-0.3, -0.25) is 0 Å². The number of benzene rings is 1. The van der Waals surface area contributed by atoms with Gasteiger partial charge in [-0.05, 0) is 56.5 Å². The van der Waals surface area contributed by atoms with Gasteiger partial charge in [0.25, 0.3) is 0 Å². The molecule has 20 heavy (non-hydrogen) atoms. The van der Waals surface area contributed by atoms with E-state index < -0.39 is 0 Å². The van der Waals surface area contributed by atoms with Crippen LogP contribution < -0.4 is 5.32 Å². The van der Waals surface area contributed by atoms with Gasteiger partial charge in [0.05, 0.1) is 12.5 Å². The van der Waals surface area contributed by atoms with E-state index in [0.29, 0.717) is 12.5 Å². The Labute approximate surface area is 122 Å². The Morgan fingerprint density at radius 3 is 2.75 bits per heavy atom. The van der Waals surface area contributed by atoms with Crippen molar-refractivity contribution in [3.05, 3.63) is 29.8 Å². The Morgan fingerprint density at radius 2 is 2.05 bits per heavy atom. The molecule has 1 aliphatic heterocycles. The average molecular weight is 271 g/mol. The zero-order valence-electron chi connectivity index (χ0n) is 12.4. The fraction of sp³-hybridized carbons (Fsp3) is 0.588. The molecule has 1 aromatic carbocycles. The van der Waals surface area contributed by atoms with Gasteiger partial charge in [-0.1, -0.05) is 19.1 Å². The number of likely N-dealkylation sites (tertiary alicyclic amines) is 1. The molecule has 3 heteroatoms. The molecule has 2 rings (SSSR count). The second-order valence-electron chi connectivity index (χ2n) is 5.65. The van der Waals surface area contributed by atoms with E-state index in [9.17, 15) is 0 Å². The molecular formula is C17H25N3. The molecular weight excluding hydrogens is 246 g/mol. The van der Waals surface area contributed by atoms with Gasteiger partial charge in [0.2, 0.25) is 0 Å². The summed E-state index contributed by atoms with van der Waals surface area (Å²) in [5, 5.41) is 12.3. The third kappa shape index (κ3) is 4.54. The molecule has 0 bridgehead atoms. The molecule has 0 radical (unpaired) electrons. The first-order chi connectivity index (χ1) is 9.81. The highest BCUT2D eigenvalue weighted by Crippen LogP contribution is 2.17. The van der Waals surface area contributed by atoms with Crippen molar-refractivity contribution in [3.8, 4) is 6.07 Å². The van der Waals surface area contributed by atoms with Gasteiger partial charge in [0.15, 0.2) is 0 Å². The summed E-state index contributed by atoms with van der Waals surface area (Å²) in [5.74, 6) is 0. The zero-order chi connectivity index (χ0) is 14.2. The summed E-state index contributed by atoms with van der Waals surface area (Å²) in [6.07, 6.45) is 5.50. The molecule has 1 heterocycles. The number of hydrogen-bond donors (Lipinski definition) is 1. The number of nitriles is 1. The molecule has 0 aliphatic carbocycles. The lowest BCUT2D eigenvalue weighted by molar-refractivity contribution is 0.285. The van der Waals surface area contributed by atoms with Gasteiger partial charge in [0, 0.05) is 18.3 Å². The molecule has 0 spiro atoms. The van der Waals surface area contributed by atoms with E-state index in [1.54, 1.807) is 0 Å². The van der Waals surface area contributed by atoms with Crippen molar-refractivity contribution >= 4 is 5.69 Å². The van der Waals surface area contributed by atoms with Gasteiger partial charge in [-0.25, -0.2) is 0 Å². The second-order valence-corrected chi connectivity index (χ2v) is 5.65. The highest BCUT2D eigenvalue weighted by molar-refractivity contribution is 5.45. The monoisotopic (exact) mass is 271 g/mol. The van der Waals surface area contributed by atoms with Crippen LogP contribution in [0.15, 0.2) is 24.3 Å². The third-order valence-electron chi connectivity index (χ3n) is 3.97. The molecule has 1 unspecified atom stereocenters. The summed E-state index contributed by atoms with van der Waals surface area (Å²) in [6.45, 7) is 5.93. The molecule has 0 amide bonds. The van der Waals surface area contributed by atoms with Crippen molar-refractivity contribution in [2.75, 3.05) is 25.0 Å². The normalized spacial score (nSPS) is 20.1. The summed E-state index contributed by atoms with van der Waals surface area (Å²) in [6, 6.07) is 11.1. The predicted octanol–water partition coefficient (Wildman–Crippen LogP) is 3.43. The van der Waals surface area contributed by atoms with Crippen molar-refractivity contribution in [1.82, 2.24) is 4.90 Å². The maximum absolute atomic E-state index is 8.68. The van der Waals surface area contributed by atoms with Crippen molar-refractivity contribution < 1.29 is 0 Å². The molecule has 1 atom stereocenters. The van der Waals surface area contributed by atoms with Gasteiger partial charge >= 0.3 is 0 Å². The summed E-state index contributed by atoms with van der Waals surface area (Å²) in [4.78, 5) is 2.58. The summed E-state index contributed by atoms with van der Waals surface area (Å²) < 4.78 is 0. The molecule has 0 saturated carbocycles. The Hall–Kier alpha value is -1.53. The smallest absolute Gasteiger partial charge is 0.0669 e. The lowest BCUT2D eigenvalue weighted by Gasteiger charge is -2.20. The van der Waals surface area contributed by atoms with E-state index >= 15 is 0 Å². The first-order valence-electron chi connectivity index (χ1n) is 7.76. The van der Waals surface area contributed by atoms with Crippen LogP contribution in [0.1, 0.15) is 38.2 Å². The van der Waals surface area contributed by atoms with Crippen molar-refractivity contribution in [2.45, 2.75) is 45.1 Å². The number of hydrogen-bond acceptors (Lipinski definition) is 3. The third-order valence-corrected chi connectivity index (χ3v) is 3.97. The standard InChI is InChI=1S/C17H25N3/c1-2-12-20-13-3-4-16(10-14-20)19-17-7-5-15(6-8-17)9-11-18/h5-8,16,19H,2-4,9-10,12-14H2,1H3. The Balaban J connectivity index is 1.85. The van der Waals surface area contributed by atoms with Crippen LogP contribution >= 0.6 is 0 Å². The summed E-state index contributed by atoms with van der Waals surface area (Å²) >= 11 is 0. The molecule has 1 N–H and O–H groups in total. The zero-order valence-corrected chi connectivity index (χ0v) is 12.4. The van der Waals surface area contributed by atoms with Crippen LogP contribution in [0.5, 0.6) is 0 Å². The minimum atomic E-state index is 0.496. The number of nitrogens with zero attached hydrogens (tertiary/aromatic N) is 2. The van der Waals surface area contributed by atoms with E-state index in [1.807, 2.05) is 12.1 Å². The molecule has 1 fully saturated rings.